The molecule has 7 nitrogen and oxygen atoms in total. The number of amides is 1. The number of ether oxygens (including phenoxy) is 2. The zero-order chi connectivity index (χ0) is 24.8. The summed E-state index contributed by atoms with van der Waals surface area (Å²) in [5, 5.41) is 11.6. The van der Waals surface area contributed by atoms with Crippen LogP contribution >= 0.6 is 11.6 Å². The second-order valence-electron chi connectivity index (χ2n) is 8.41. The number of methoxy groups -OCH3 is 1. The van der Waals surface area contributed by atoms with Crippen LogP contribution in [0.25, 0.3) is 5.76 Å². The number of aliphatic hydroxyl groups is 1. The van der Waals surface area contributed by atoms with Crippen LogP contribution in [-0.4, -0.2) is 67.5 Å². The number of hydrogen-bond acceptors (Lipinski definition) is 6. The molecule has 1 aliphatic heterocycles. The van der Waals surface area contributed by atoms with Gasteiger partial charge in [-0.1, -0.05) is 24.6 Å². The molecule has 8 heteroatoms. The van der Waals surface area contributed by atoms with Crippen LogP contribution in [0.3, 0.4) is 0 Å². The molecule has 0 saturated carbocycles. The van der Waals surface area contributed by atoms with Crippen molar-refractivity contribution in [2.24, 2.45) is 0 Å². The molecule has 0 radical (unpaired) electrons. The third kappa shape index (κ3) is 5.54. The number of Topliss-reactive ketones (excluding diaryl/α,β-unsaturated/α-hetero) is 1. The van der Waals surface area contributed by atoms with Crippen molar-refractivity contribution in [3.8, 4) is 11.5 Å². The Morgan fingerprint density at radius 2 is 1.82 bits per heavy atom. The van der Waals surface area contributed by atoms with Crippen molar-refractivity contribution in [1.82, 2.24) is 9.80 Å². The van der Waals surface area contributed by atoms with E-state index in [4.69, 9.17) is 21.1 Å². The van der Waals surface area contributed by atoms with E-state index in [1.54, 1.807) is 49.6 Å². The zero-order valence-electron chi connectivity index (χ0n) is 20.0. The summed E-state index contributed by atoms with van der Waals surface area (Å²) in [5.74, 6) is -0.510. The number of likely N-dealkylation sites (tertiary alicyclic amines) is 1. The Morgan fingerprint density at radius 1 is 1.12 bits per heavy atom. The largest absolute Gasteiger partial charge is 0.507 e. The summed E-state index contributed by atoms with van der Waals surface area (Å²) in [4.78, 5) is 29.7. The quantitative estimate of drug-likeness (QED) is 0.302. The van der Waals surface area contributed by atoms with Crippen molar-refractivity contribution in [3.63, 3.8) is 0 Å². The number of carbonyl (C=O) groups is 2. The van der Waals surface area contributed by atoms with Crippen molar-refractivity contribution < 1.29 is 24.2 Å². The van der Waals surface area contributed by atoms with Crippen LogP contribution in [-0.2, 0) is 9.59 Å². The molecule has 1 N–H and O–H groups in total. The van der Waals surface area contributed by atoms with Gasteiger partial charge in [0.1, 0.15) is 5.76 Å². The van der Waals surface area contributed by atoms with E-state index in [0.717, 1.165) is 13.0 Å². The van der Waals surface area contributed by atoms with Crippen molar-refractivity contribution in [2.75, 3.05) is 40.9 Å². The SMILES string of the molecule is CCCOc1ccc(C2C(=C(O)c3ccc(Cl)cc3)C(=O)C(=O)N2CCCN(C)C)cc1OC. The molecule has 1 saturated heterocycles. The number of carbonyl (C=O) groups excluding carboxylic acids is 2. The molecule has 2 aromatic rings. The van der Waals surface area contributed by atoms with E-state index in [1.165, 1.54) is 4.90 Å². The summed E-state index contributed by atoms with van der Waals surface area (Å²) in [6.45, 7) is 3.66. The fourth-order valence-corrected chi connectivity index (χ4v) is 4.09. The van der Waals surface area contributed by atoms with Gasteiger partial charge in [0, 0.05) is 17.1 Å². The molecule has 1 fully saturated rings. The minimum Gasteiger partial charge on any atom is -0.507 e. The Hall–Kier alpha value is -3.03. The number of benzene rings is 2. The summed E-state index contributed by atoms with van der Waals surface area (Å²) in [6, 6.07) is 11.1. The van der Waals surface area contributed by atoms with Crippen molar-refractivity contribution >= 4 is 29.1 Å². The lowest BCUT2D eigenvalue weighted by molar-refractivity contribution is -0.139. The highest BCUT2D eigenvalue weighted by molar-refractivity contribution is 6.46. The molecule has 1 amide bonds. The van der Waals surface area contributed by atoms with Gasteiger partial charge in [0.05, 0.1) is 25.3 Å². The minimum atomic E-state index is -0.757. The van der Waals surface area contributed by atoms with Gasteiger partial charge in [-0.3, -0.25) is 9.59 Å². The molecule has 2 aromatic carbocycles. The van der Waals surface area contributed by atoms with Gasteiger partial charge < -0.3 is 24.4 Å². The number of aliphatic hydroxyl groups excluding tert-OH is 1. The maximum Gasteiger partial charge on any atom is 0.295 e. The summed E-state index contributed by atoms with van der Waals surface area (Å²) in [7, 11) is 5.44. The van der Waals surface area contributed by atoms with Crippen LogP contribution in [0.4, 0.5) is 0 Å². The monoisotopic (exact) mass is 486 g/mol. The van der Waals surface area contributed by atoms with Gasteiger partial charge in [0.15, 0.2) is 11.5 Å². The maximum absolute atomic E-state index is 13.1. The van der Waals surface area contributed by atoms with E-state index in [-0.39, 0.29) is 11.3 Å². The first-order chi connectivity index (χ1) is 16.3. The van der Waals surface area contributed by atoms with Crippen molar-refractivity contribution in [2.45, 2.75) is 25.8 Å². The van der Waals surface area contributed by atoms with Crippen LogP contribution in [0.1, 0.15) is 36.9 Å². The van der Waals surface area contributed by atoms with Crippen LogP contribution in [0.15, 0.2) is 48.0 Å². The lowest BCUT2D eigenvalue weighted by atomic mass is 9.95. The predicted molar refractivity (Wildman–Crippen MR) is 132 cm³/mol. The highest BCUT2D eigenvalue weighted by atomic mass is 35.5. The molecule has 1 aliphatic rings. The first-order valence-corrected chi connectivity index (χ1v) is 11.7. The van der Waals surface area contributed by atoms with Crippen molar-refractivity contribution in [3.05, 3.63) is 64.2 Å². The van der Waals surface area contributed by atoms with Gasteiger partial charge in [0.25, 0.3) is 11.7 Å². The Labute approximate surface area is 205 Å². The van der Waals surface area contributed by atoms with E-state index in [9.17, 15) is 14.7 Å². The van der Waals surface area contributed by atoms with E-state index in [2.05, 4.69) is 0 Å². The minimum absolute atomic E-state index is 0.0430. The highest BCUT2D eigenvalue weighted by Crippen LogP contribution is 2.42. The van der Waals surface area contributed by atoms with E-state index in [0.29, 0.717) is 47.2 Å². The fraction of sp³-hybridized carbons (Fsp3) is 0.385. The molecule has 1 heterocycles. The fourth-order valence-electron chi connectivity index (χ4n) is 3.96. The summed E-state index contributed by atoms with van der Waals surface area (Å²) in [5.41, 5.74) is 1.11. The lowest BCUT2D eigenvalue weighted by Crippen LogP contribution is -2.32. The van der Waals surface area contributed by atoms with Gasteiger partial charge in [-0.25, -0.2) is 0 Å². The van der Waals surface area contributed by atoms with Gasteiger partial charge in [-0.15, -0.1) is 0 Å². The van der Waals surface area contributed by atoms with E-state index >= 15 is 0 Å². The average Bonchev–Trinajstić information content (AvgIpc) is 3.07. The highest BCUT2D eigenvalue weighted by Gasteiger charge is 2.46. The zero-order valence-corrected chi connectivity index (χ0v) is 20.8. The molecular formula is C26H31ClN2O5. The van der Waals surface area contributed by atoms with Crippen LogP contribution < -0.4 is 9.47 Å². The van der Waals surface area contributed by atoms with Gasteiger partial charge >= 0.3 is 0 Å². The first kappa shape index (κ1) is 25.6. The molecule has 182 valence electrons. The number of rotatable bonds is 10. The van der Waals surface area contributed by atoms with Crippen LogP contribution in [0, 0.1) is 0 Å². The van der Waals surface area contributed by atoms with Gasteiger partial charge in [-0.2, -0.15) is 0 Å². The molecule has 34 heavy (non-hydrogen) atoms. The number of ketones is 1. The maximum atomic E-state index is 13.1. The molecule has 0 bridgehead atoms. The molecule has 0 spiro atoms. The summed E-state index contributed by atoms with van der Waals surface area (Å²) < 4.78 is 11.3. The van der Waals surface area contributed by atoms with Gasteiger partial charge in [0.2, 0.25) is 0 Å². The second kappa shape index (κ2) is 11.4. The predicted octanol–water partition coefficient (Wildman–Crippen LogP) is 4.51. The van der Waals surface area contributed by atoms with E-state index in [1.807, 2.05) is 25.9 Å². The Kier molecular flexibility index (Phi) is 8.58. The van der Waals surface area contributed by atoms with Gasteiger partial charge in [-0.05, 0) is 75.4 Å². The lowest BCUT2D eigenvalue weighted by Gasteiger charge is -2.26. The topological polar surface area (TPSA) is 79.3 Å². The number of nitrogens with zero attached hydrogens (tertiary/aromatic N) is 2. The Bertz CT molecular complexity index is 1070. The molecule has 0 aliphatic carbocycles. The number of halogens is 1. The molecule has 3 rings (SSSR count). The Balaban J connectivity index is 2.10. The standard InChI is InChI=1S/C26H31ClN2O5/c1-5-15-34-20-12-9-18(16-21(20)33-4)23-22(24(30)17-7-10-19(27)11-8-17)25(31)26(32)29(23)14-6-13-28(2)3/h7-12,16,23,30H,5-6,13-15H2,1-4H3. The van der Waals surface area contributed by atoms with Crippen LogP contribution in [0.2, 0.25) is 5.02 Å². The second-order valence-corrected chi connectivity index (χ2v) is 8.85. The smallest absolute Gasteiger partial charge is 0.295 e. The normalized spacial score (nSPS) is 17.5. The third-order valence-electron chi connectivity index (χ3n) is 5.63. The average molecular weight is 487 g/mol. The Morgan fingerprint density at radius 3 is 2.44 bits per heavy atom. The summed E-state index contributed by atoms with van der Waals surface area (Å²) >= 11 is 5.99. The first-order valence-electron chi connectivity index (χ1n) is 11.3. The molecule has 0 aromatic heterocycles. The summed E-state index contributed by atoms with van der Waals surface area (Å²) in [6.07, 6.45) is 1.52. The molecule has 1 atom stereocenters. The number of hydrogen-bond donors (Lipinski definition) is 1. The third-order valence-corrected chi connectivity index (χ3v) is 5.88. The molecule has 1 unspecified atom stereocenters. The van der Waals surface area contributed by atoms with Crippen molar-refractivity contribution in [1.29, 1.82) is 0 Å². The van der Waals surface area contributed by atoms with Crippen LogP contribution in [0.5, 0.6) is 11.5 Å². The molecular weight excluding hydrogens is 456 g/mol. The van der Waals surface area contributed by atoms with E-state index < -0.39 is 17.7 Å².